The van der Waals surface area contributed by atoms with Crippen LogP contribution in [0.25, 0.3) is 11.3 Å². The van der Waals surface area contributed by atoms with Crippen molar-refractivity contribution in [3.8, 4) is 11.3 Å². The van der Waals surface area contributed by atoms with Crippen molar-refractivity contribution < 1.29 is 4.39 Å². The van der Waals surface area contributed by atoms with Gasteiger partial charge in [-0.3, -0.25) is 0 Å². The number of hydrogen-bond donors (Lipinski definition) is 2. The van der Waals surface area contributed by atoms with Crippen LogP contribution in [0.4, 0.5) is 4.39 Å². The standard InChI is InChI=1S/C20H24FN5/c1-22-12-5-13-23-14-19-20(17-6-3-2-4-7-17)25-26(24-19)15-16-8-10-18(21)11-9-16/h2-4,6-11,22-23H,5,12-15H2,1H3. The van der Waals surface area contributed by atoms with E-state index in [1.54, 1.807) is 16.9 Å². The van der Waals surface area contributed by atoms with E-state index in [4.69, 9.17) is 0 Å². The Labute approximate surface area is 153 Å². The molecule has 3 aromatic rings. The van der Waals surface area contributed by atoms with Gasteiger partial charge in [-0.05, 0) is 44.3 Å². The van der Waals surface area contributed by atoms with Crippen LogP contribution in [0.15, 0.2) is 54.6 Å². The Morgan fingerprint density at radius 2 is 1.73 bits per heavy atom. The molecule has 2 N–H and O–H groups in total. The van der Waals surface area contributed by atoms with Crippen LogP contribution < -0.4 is 10.6 Å². The van der Waals surface area contributed by atoms with Crippen LogP contribution in [-0.4, -0.2) is 35.1 Å². The highest BCUT2D eigenvalue weighted by molar-refractivity contribution is 5.60. The largest absolute Gasteiger partial charge is 0.320 e. The monoisotopic (exact) mass is 353 g/mol. The van der Waals surface area contributed by atoms with Crippen LogP contribution >= 0.6 is 0 Å². The molecule has 0 aliphatic carbocycles. The van der Waals surface area contributed by atoms with E-state index < -0.39 is 0 Å². The van der Waals surface area contributed by atoms with Crippen LogP contribution in [0.5, 0.6) is 0 Å². The summed E-state index contributed by atoms with van der Waals surface area (Å²) in [6.07, 6.45) is 1.06. The molecule has 1 heterocycles. The number of nitrogens with one attached hydrogen (secondary N) is 2. The molecular weight excluding hydrogens is 329 g/mol. The van der Waals surface area contributed by atoms with Gasteiger partial charge in [0.15, 0.2) is 0 Å². The summed E-state index contributed by atoms with van der Waals surface area (Å²) in [5.41, 5.74) is 3.82. The molecule has 0 aliphatic rings. The zero-order valence-corrected chi connectivity index (χ0v) is 15.0. The summed E-state index contributed by atoms with van der Waals surface area (Å²) in [6.45, 7) is 3.08. The second kappa shape index (κ2) is 9.22. The lowest BCUT2D eigenvalue weighted by Gasteiger charge is -2.04. The van der Waals surface area contributed by atoms with Gasteiger partial charge in [-0.1, -0.05) is 42.5 Å². The van der Waals surface area contributed by atoms with E-state index in [0.29, 0.717) is 13.1 Å². The summed E-state index contributed by atoms with van der Waals surface area (Å²) in [5.74, 6) is -0.237. The molecule has 0 radical (unpaired) electrons. The van der Waals surface area contributed by atoms with Gasteiger partial charge in [-0.15, -0.1) is 0 Å². The minimum atomic E-state index is -0.237. The van der Waals surface area contributed by atoms with E-state index in [1.807, 2.05) is 37.4 Å². The van der Waals surface area contributed by atoms with Gasteiger partial charge < -0.3 is 10.6 Å². The average molecular weight is 353 g/mol. The topological polar surface area (TPSA) is 54.8 Å². The van der Waals surface area contributed by atoms with Gasteiger partial charge in [0.1, 0.15) is 17.2 Å². The van der Waals surface area contributed by atoms with Gasteiger partial charge in [0.05, 0.1) is 6.54 Å². The fourth-order valence-electron chi connectivity index (χ4n) is 2.74. The third-order valence-corrected chi connectivity index (χ3v) is 4.08. The summed E-state index contributed by atoms with van der Waals surface area (Å²) < 4.78 is 13.1. The molecule has 0 amide bonds. The molecule has 0 saturated heterocycles. The molecule has 0 bridgehead atoms. The second-order valence-corrected chi connectivity index (χ2v) is 6.15. The number of halogens is 1. The van der Waals surface area contributed by atoms with Crippen molar-refractivity contribution in [2.75, 3.05) is 20.1 Å². The third kappa shape index (κ3) is 4.97. The fraction of sp³-hybridized carbons (Fsp3) is 0.300. The molecule has 0 unspecified atom stereocenters. The van der Waals surface area contributed by atoms with Gasteiger partial charge >= 0.3 is 0 Å². The molecule has 1 aromatic heterocycles. The van der Waals surface area contributed by atoms with Crippen LogP contribution in [-0.2, 0) is 13.1 Å². The predicted molar refractivity (Wildman–Crippen MR) is 101 cm³/mol. The Bertz CT molecular complexity index is 799. The highest BCUT2D eigenvalue weighted by atomic mass is 19.1. The molecule has 0 aliphatic heterocycles. The van der Waals surface area contributed by atoms with Crippen molar-refractivity contribution in [1.82, 2.24) is 25.6 Å². The fourth-order valence-corrected chi connectivity index (χ4v) is 2.74. The van der Waals surface area contributed by atoms with E-state index in [1.165, 1.54) is 12.1 Å². The summed E-state index contributed by atoms with van der Waals surface area (Å²) >= 11 is 0. The van der Waals surface area contributed by atoms with Crippen LogP contribution in [0, 0.1) is 5.82 Å². The number of rotatable bonds is 9. The average Bonchev–Trinajstić information content (AvgIpc) is 3.07. The molecule has 136 valence electrons. The molecule has 2 aromatic carbocycles. The Balaban J connectivity index is 1.76. The van der Waals surface area contributed by atoms with Gasteiger partial charge in [0, 0.05) is 12.1 Å². The Hall–Kier alpha value is -2.57. The van der Waals surface area contributed by atoms with Crippen LogP contribution in [0.3, 0.4) is 0 Å². The molecule has 3 rings (SSSR count). The normalized spacial score (nSPS) is 11.0. The Kier molecular flexibility index (Phi) is 6.46. The number of benzene rings is 2. The Morgan fingerprint density at radius 3 is 2.46 bits per heavy atom. The quantitative estimate of drug-likeness (QED) is 0.581. The minimum Gasteiger partial charge on any atom is -0.320 e. The molecule has 26 heavy (non-hydrogen) atoms. The van der Waals surface area contributed by atoms with Crippen molar-refractivity contribution in [2.45, 2.75) is 19.5 Å². The van der Waals surface area contributed by atoms with Crippen molar-refractivity contribution in [3.63, 3.8) is 0 Å². The van der Waals surface area contributed by atoms with E-state index in [0.717, 1.165) is 42.0 Å². The second-order valence-electron chi connectivity index (χ2n) is 6.15. The molecule has 6 heteroatoms. The van der Waals surface area contributed by atoms with Crippen molar-refractivity contribution in [1.29, 1.82) is 0 Å². The summed E-state index contributed by atoms with van der Waals surface area (Å²) in [5, 5.41) is 15.9. The van der Waals surface area contributed by atoms with Crippen molar-refractivity contribution >= 4 is 0 Å². The van der Waals surface area contributed by atoms with E-state index in [9.17, 15) is 4.39 Å². The highest BCUT2D eigenvalue weighted by Crippen LogP contribution is 2.20. The van der Waals surface area contributed by atoms with Gasteiger partial charge in [-0.25, -0.2) is 4.39 Å². The van der Waals surface area contributed by atoms with Gasteiger partial charge in [0.25, 0.3) is 0 Å². The van der Waals surface area contributed by atoms with Crippen LogP contribution in [0.2, 0.25) is 0 Å². The zero-order chi connectivity index (χ0) is 18.2. The zero-order valence-electron chi connectivity index (χ0n) is 15.0. The highest BCUT2D eigenvalue weighted by Gasteiger charge is 2.13. The molecular formula is C20H24FN5. The number of hydrogen-bond acceptors (Lipinski definition) is 4. The van der Waals surface area contributed by atoms with Crippen molar-refractivity contribution in [3.05, 3.63) is 71.7 Å². The van der Waals surface area contributed by atoms with E-state index >= 15 is 0 Å². The predicted octanol–water partition coefficient (Wildman–Crippen LogP) is 2.83. The molecule has 5 nitrogen and oxygen atoms in total. The molecule has 0 spiro atoms. The first kappa shape index (κ1) is 18.2. The van der Waals surface area contributed by atoms with Gasteiger partial charge in [-0.2, -0.15) is 15.0 Å². The molecule has 0 atom stereocenters. The molecule has 0 fully saturated rings. The maximum Gasteiger partial charge on any atom is 0.123 e. The molecule has 0 saturated carbocycles. The summed E-state index contributed by atoms with van der Waals surface area (Å²) in [4.78, 5) is 1.68. The SMILES string of the molecule is CNCCCNCc1nn(Cc2ccc(F)cc2)nc1-c1ccccc1. The van der Waals surface area contributed by atoms with E-state index in [2.05, 4.69) is 20.8 Å². The first-order chi connectivity index (χ1) is 12.8. The maximum atomic E-state index is 13.1. The third-order valence-electron chi connectivity index (χ3n) is 4.08. The van der Waals surface area contributed by atoms with Crippen molar-refractivity contribution in [2.24, 2.45) is 0 Å². The lowest BCUT2D eigenvalue weighted by molar-refractivity contribution is 0.569. The first-order valence-corrected chi connectivity index (χ1v) is 8.85. The minimum absolute atomic E-state index is 0.237. The van der Waals surface area contributed by atoms with E-state index in [-0.39, 0.29) is 5.82 Å². The maximum absolute atomic E-state index is 13.1. The Morgan fingerprint density at radius 1 is 0.962 bits per heavy atom. The smallest absolute Gasteiger partial charge is 0.123 e. The first-order valence-electron chi connectivity index (χ1n) is 8.85. The summed E-state index contributed by atoms with van der Waals surface area (Å²) in [6, 6.07) is 16.5. The lowest BCUT2D eigenvalue weighted by Crippen LogP contribution is -2.20. The summed E-state index contributed by atoms with van der Waals surface area (Å²) in [7, 11) is 1.95. The van der Waals surface area contributed by atoms with Gasteiger partial charge in [0.2, 0.25) is 0 Å². The number of aromatic nitrogens is 3. The number of nitrogens with zero attached hydrogens (tertiary/aromatic N) is 3. The lowest BCUT2D eigenvalue weighted by atomic mass is 10.1. The van der Waals surface area contributed by atoms with Crippen LogP contribution in [0.1, 0.15) is 17.7 Å².